The summed E-state index contributed by atoms with van der Waals surface area (Å²) in [5.74, 6) is 0.435. The average Bonchev–Trinajstić information content (AvgIpc) is 2.28. The van der Waals surface area contributed by atoms with E-state index in [1.807, 2.05) is 20.8 Å². The fraction of sp³-hybridized carbons (Fsp3) is 0.917. The van der Waals surface area contributed by atoms with Crippen LogP contribution in [0.3, 0.4) is 0 Å². The minimum absolute atomic E-state index is 0.179. The predicted octanol–water partition coefficient (Wildman–Crippen LogP) is 1.34. The molecule has 0 aromatic rings. The Morgan fingerprint density at radius 1 is 1.44 bits per heavy atom. The van der Waals surface area contributed by atoms with Crippen molar-refractivity contribution in [3.05, 3.63) is 0 Å². The molecule has 1 heterocycles. The Morgan fingerprint density at radius 2 is 2.06 bits per heavy atom. The summed E-state index contributed by atoms with van der Waals surface area (Å²) in [5, 5.41) is 3.28. The standard InChI is InChI=1S/C12H23NO3/c1-4-16-11(14)12(2,3)13-9-10-5-7-15-8-6-10/h10,13H,4-9H2,1-3H3. The number of esters is 1. The summed E-state index contributed by atoms with van der Waals surface area (Å²) in [6, 6.07) is 0. The zero-order valence-electron chi connectivity index (χ0n) is 10.5. The molecule has 4 nitrogen and oxygen atoms in total. The Balaban J connectivity index is 2.31. The maximum absolute atomic E-state index is 11.6. The lowest BCUT2D eigenvalue weighted by Gasteiger charge is -2.28. The molecule has 0 aromatic heterocycles. The lowest BCUT2D eigenvalue weighted by atomic mass is 9.98. The van der Waals surface area contributed by atoms with Crippen molar-refractivity contribution in [3.63, 3.8) is 0 Å². The van der Waals surface area contributed by atoms with Crippen LogP contribution in [0.15, 0.2) is 0 Å². The smallest absolute Gasteiger partial charge is 0.325 e. The van der Waals surface area contributed by atoms with Crippen LogP contribution >= 0.6 is 0 Å². The van der Waals surface area contributed by atoms with Gasteiger partial charge in [-0.05, 0) is 46.1 Å². The maximum atomic E-state index is 11.6. The van der Waals surface area contributed by atoms with Gasteiger partial charge in [-0.3, -0.25) is 4.79 Å². The molecular formula is C12H23NO3. The molecule has 0 aromatic carbocycles. The summed E-state index contributed by atoms with van der Waals surface area (Å²) in [7, 11) is 0. The van der Waals surface area contributed by atoms with E-state index < -0.39 is 5.54 Å². The molecule has 0 saturated carbocycles. The number of ether oxygens (including phenoxy) is 2. The van der Waals surface area contributed by atoms with Gasteiger partial charge in [0.2, 0.25) is 0 Å². The van der Waals surface area contributed by atoms with Gasteiger partial charge < -0.3 is 14.8 Å². The Labute approximate surface area is 97.7 Å². The third-order valence-electron chi connectivity index (χ3n) is 2.96. The first-order valence-corrected chi connectivity index (χ1v) is 6.06. The van der Waals surface area contributed by atoms with E-state index in [0.29, 0.717) is 12.5 Å². The van der Waals surface area contributed by atoms with E-state index in [9.17, 15) is 4.79 Å². The van der Waals surface area contributed by atoms with Gasteiger partial charge in [-0.15, -0.1) is 0 Å². The van der Waals surface area contributed by atoms with Crippen molar-refractivity contribution >= 4 is 5.97 Å². The van der Waals surface area contributed by atoms with E-state index in [1.54, 1.807) is 0 Å². The third kappa shape index (κ3) is 4.10. The first-order chi connectivity index (χ1) is 7.56. The Bertz CT molecular complexity index is 222. The van der Waals surface area contributed by atoms with Crippen molar-refractivity contribution in [2.75, 3.05) is 26.4 Å². The number of carbonyl (C=O) groups is 1. The molecule has 16 heavy (non-hydrogen) atoms. The number of hydrogen-bond donors (Lipinski definition) is 1. The number of nitrogens with one attached hydrogen (secondary N) is 1. The quantitative estimate of drug-likeness (QED) is 0.723. The fourth-order valence-electron chi connectivity index (χ4n) is 1.73. The summed E-state index contributed by atoms with van der Waals surface area (Å²) in [4.78, 5) is 11.6. The molecule has 94 valence electrons. The highest BCUT2D eigenvalue weighted by molar-refractivity contribution is 5.79. The highest BCUT2D eigenvalue weighted by Crippen LogP contribution is 2.15. The van der Waals surface area contributed by atoms with E-state index in [4.69, 9.17) is 9.47 Å². The molecule has 1 saturated heterocycles. The predicted molar refractivity (Wildman–Crippen MR) is 62.3 cm³/mol. The van der Waals surface area contributed by atoms with Crippen molar-refractivity contribution in [2.24, 2.45) is 5.92 Å². The van der Waals surface area contributed by atoms with Crippen LogP contribution in [0.25, 0.3) is 0 Å². The van der Waals surface area contributed by atoms with Crippen LogP contribution in [0, 0.1) is 5.92 Å². The second-order valence-electron chi connectivity index (χ2n) is 4.78. The van der Waals surface area contributed by atoms with Crippen LogP contribution in [0.2, 0.25) is 0 Å². The first kappa shape index (κ1) is 13.5. The van der Waals surface area contributed by atoms with Crippen LogP contribution in [-0.2, 0) is 14.3 Å². The summed E-state index contributed by atoms with van der Waals surface area (Å²) in [6.07, 6.45) is 2.15. The fourth-order valence-corrected chi connectivity index (χ4v) is 1.73. The molecule has 1 aliphatic heterocycles. The molecule has 0 radical (unpaired) electrons. The highest BCUT2D eigenvalue weighted by Gasteiger charge is 2.29. The average molecular weight is 229 g/mol. The van der Waals surface area contributed by atoms with Crippen molar-refractivity contribution in [1.29, 1.82) is 0 Å². The summed E-state index contributed by atoms with van der Waals surface area (Å²) in [5.41, 5.74) is -0.589. The topological polar surface area (TPSA) is 47.6 Å². The molecule has 1 aliphatic rings. The van der Waals surface area contributed by atoms with Gasteiger partial charge >= 0.3 is 5.97 Å². The summed E-state index contributed by atoms with van der Waals surface area (Å²) >= 11 is 0. The van der Waals surface area contributed by atoms with Crippen molar-refractivity contribution < 1.29 is 14.3 Å². The highest BCUT2D eigenvalue weighted by atomic mass is 16.5. The Kier molecular flexibility index (Phi) is 5.22. The molecule has 0 bridgehead atoms. The van der Waals surface area contributed by atoms with E-state index in [1.165, 1.54) is 0 Å². The normalized spacial score (nSPS) is 18.4. The van der Waals surface area contributed by atoms with E-state index in [-0.39, 0.29) is 5.97 Å². The van der Waals surface area contributed by atoms with Gasteiger partial charge in [0.05, 0.1) is 6.61 Å². The molecule has 1 fully saturated rings. The van der Waals surface area contributed by atoms with E-state index >= 15 is 0 Å². The lowest BCUT2D eigenvalue weighted by Crippen LogP contribution is -2.49. The Morgan fingerprint density at radius 3 is 2.62 bits per heavy atom. The van der Waals surface area contributed by atoms with Gasteiger partial charge in [-0.2, -0.15) is 0 Å². The van der Waals surface area contributed by atoms with Crippen LogP contribution in [0.5, 0.6) is 0 Å². The molecule has 0 unspecified atom stereocenters. The van der Waals surface area contributed by atoms with Crippen molar-refractivity contribution in [1.82, 2.24) is 5.32 Å². The molecule has 0 spiro atoms. The SMILES string of the molecule is CCOC(=O)C(C)(C)NCC1CCOCC1. The maximum Gasteiger partial charge on any atom is 0.325 e. The molecule has 1 rings (SSSR count). The second-order valence-corrected chi connectivity index (χ2v) is 4.78. The van der Waals surface area contributed by atoms with Gasteiger partial charge in [0.25, 0.3) is 0 Å². The lowest BCUT2D eigenvalue weighted by molar-refractivity contribution is -0.149. The molecule has 0 aliphatic carbocycles. The molecule has 0 amide bonds. The van der Waals surface area contributed by atoms with Gasteiger partial charge in [-0.1, -0.05) is 0 Å². The number of rotatable bonds is 5. The van der Waals surface area contributed by atoms with Gasteiger partial charge in [-0.25, -0.2) is 0 Å². The molecule has 0 atom stereocenters. The number of hydrogen-bond acceptors (Lipinski definition) is 4. The van der Waals surface area contributed by atoms with Crippen LogP contribution in [0.4, 0.5) is 0 Å². The summed E-state index contributed by atoms with van der Waals surface area (Å²) in [6.45, 7) is 8.52. The van der Waals surface area contributed by atoms with Crippen LogP contribution < -0.4 is 5.32 Å². The molecular weight excluding hydrogens is 206 g/mol. The van der Waals surface area contributed by atoms with Crippen LogP contribution in [-0.4, -0.2) is 37.9 Å². The minimum atomic E-state index is -0.589. The molecule has 4 heteroatoms. The van der Waals surface area contributed by atoms with E-state index in [0.717, 1.165) is 32.6 Å². The minimum Gasteiger partial charge on any atom is -0.465 e. The summed E-state index contributed by atoms with van der Waals surface area (Å²) < 4.78 is 10.3. The molecule has 1 N–H and O–H groups in total. The Hall–Kier alpha value is -0.610. The second kappa shape index (κ2) is 6.21. The van der Waals surface area contributed by atoms with Gasteiger partial charge in [0.15, 0.2) is 0 Å². The zero-order chi connectivity index (χ0) is 12.0. The monoisotopic (exact) mass is 229 g/mol. The van der Waals surface area contributed by atoms with Crippen molar-refractivity contribution in [3.8, 4) is 0 Å². The van der Waals surface area contributed by atoms with Gasteiger partial charge in [0.1, 0.15) is 5.54 Å². The van der Waals surface area contributed by atoms with Crippen molar-refractivity contribution in [2.45, 2.75) is 39.2 Å². The van der Waals surface area contributed by atoms with E-state index in [2.05, 4.69) is 5.32 Å². The zero-order valence-corrected chi connectivity index (χ0v) is 10.5. The third-order valence-corrected chi connectivity index (χ3v) is 2.96. The number of carbonyl (C=O) groups excluding carboxylic acids is 1. The first-order valence-electron chi connectivity index (χ1n) is 6.06. The largest absolute Gasteiger partial charge is 0.465 e. The van der Waals surface area contributed by atoms with Crippen LogP contribution in [0.1, 0.15) is 33.6 Å². The van der Waals surface area contributed by atoms with Gasteiger partial charge in [0, 0.05) is 13.2 Å².